The van der Waals surface area contributed by atoms with Crippen LogP contribution >= 0.6 is 0 Å². The van der Waals surface area contributed by atoms with Crippen molar-refractivity contribution >= 4 is 5.69 Å². The predicted molar refractivity (Wildman–Crippen MR) is 74.8 cm³/mol. The molecule has 0 aliphatic heterocycles. The van der Waals surface area contributed by atoms with Gasteiger partial charge in [0, 0.05) is 31.5 Å². The average molecular weight is 269 g/mol. The molecule has 6 nitrogen and oxygen atoms in total. The Hall–Kier alpha value is -2.63. The molecule has 0 atom stereocenters. The van der Waals surface area contributed by atoms with Crippen molar-refractivity contribution in [3.8, 4) is 11.6 Å². The zero-order valence-electron chi connectivity index (χ0n) is 11.2. The van der Waals surface area contributed by atoms with Crippen LogP contribution in [0.25, 0.3) is 11.6 Å². The minimum Gasteiger partial charge on any atom is -0.399 e. The number of hydrogen-bond donors (Lipinski definition) is 1. The number of aromatic nitrogens is 4. The van der Waals surface area contributed by atoms with Gasteiger partial charge >= 0.3 is 0 Å². The third-order valence-corrected chi connectivity index (χ3v) is 3.10. The molecular formula is C14H15N5O. The Balaban J connectivity index is 1.69. The number of anilines is 1. The van der Waals surface area contributed by atoms with Gasteiger partial charge in [-0.05, 0) is 24.1 Å². The Kier molecular flexibility index (Phi) is 3.20. The Labute approximate surface area is 116 Å². The van der Waals surface area contributed by atoms with Gasteiger partial charge in [0.2, 0.25) is 11.7 Å². The molecule has 102 valence electrons. The zero-order valence-corrected chi connectivity index (χ0v) is 11.2. The molecule has 0 saturated carbocycles. The van der Waals surface area contributed by atoms with E-state index in [1.54, 1.807) is 6.20 Å². The first kappa shape index (κ1) is 12.4. The lowest BCUT2D eigenvalue weighted by Gasteiger charge is -1.98. The number of benzene rings is 1. The predicted octanol–water partition coefficient (Wildman–Crippen LogP) is 1.84. The number of nitrogen functional groups attached to an aromatic ring is 1. The average Bonchev–Trinajstić information content (AvgIpc) is 3.06. The fourth-order valence-corrected chi connectivity index (χ4v) is 1.96. The van der Waals surface area contributed by atoms with Crippen LogP contribution in [0, 0.1) is 0 Å². The fourth-order valence-electron chi connectivity index (χ4n) is 1.96. The first-order chi connectivity index (χ1) is 9.72. The minimum atomic E-state index is 0.518. The molecule has 0 radical (unpaired) electrons. The van der Waals surface area contributed by atoms with Crippen LogP contribution in [0.15, 0.2) is 41.2 Å². The van der Waals surface area contributed by atoms with Gasteiger partial charge in [-0.15, -0.1) is 0 Å². The summed E-state index contributed by atoms with van der Waals surface area (Å²) in [4.78, 5) is 8.55. The largest absolute Gasteiger partial charge is 0.399 e. The number of imidazole rings is 1. The van der Waals surface area contributed by atoms with Crippen LogP contribution in [0.2, 0.25) is 0 Å². The smallest absolute Gasteiger partial charge is 0.238 e. The SMILES string of the molecule is Cn1ccnc1-c1noc(CCc2ccc(N)cc2)n1. The highest BCUT2D eigenvalue weighted by atomic mass is 16.5. The highest BCUT2D eigenvalue weighted by molar-refractivity contribution is 5.42. The molecule has 0 amide bonds. The molecule has 0 aliphatic carbocycles. The van der Waals surface area contributed by atoms with Gasteiger partial charge in [0.1, 0.15) is 0 Å². The second kappa shape index (κ2) is 5.16. The lowest BCUT2D eigenvalue weighted by atomic mass is 10.1. The van der Waals surface area contributed by atoms with Crippen LogP contribution in [0.3, 0.4) is 0 Å². The van der Waals surface area contributed by atoms with Gasteiger partial charge in [-0.1, -0.05) is 17.3 Å². The molecule has 0 aliphatic rings. The number of nitrogens with zero attached hydrogens (tertiary/aromatic N) is 4. The van der Waals surface area contributed by atoms with E-state index in [2.05, 4.69) is 15.1 Å². The molecule has 0 bridgehead atoms. The first-order valence-corrected chi connectivity index (χ1v) is 6.37. The normalized spacial score (nSPS) is 10.8. The van der Waals surface area contributed by atoms with E-state index in [0.29, 0.717) is 24.0 Å². The van der Waals surface area contributed by atoms with Crippen molar-refractivity contribution in [2.45, 2.75) is 12.8 Å². The number of hydrogen-bond acceptors (Lipinski definition) is 5. The molecule has 1 aromatic carbocycles. The van der Waals surface area contributed by atoms with Crippen LogP contribution in [0.1, 0.15) is 11.5 Å². The maximum atomic E-state index is 5.66. The van der Waals surface area contributed by atoms with Crippen LogP contribution in [-0.2, 0) is 19.9 Å². The van der Waals surface area contributed by atoms with Crippen molar-refractivity contribution in [2.75, 3.05) is 5.73 Å². The molecular weight excluding hydrogens is 254 g/mol. The summed E-state index contributed by atoms with van der Waals surface area (Å²) in [6.07, 6.45) is 5.09. The summed E-state index contributed by atoms with van der Waals surface area (Å²) >= 11 is 0. The van der Waals surface area contributed by atoms with Crippen molar-refractivity contribution in [1.29, 1.82) is 0 Å². The van der Waals surface area contributed by atoms with E-state index < -0.39 is 0 Å². The van der Waals surface area contributed by atoms with E-state index >= 15 is 0 Å². The quantitative estimate of drug-likeness (QED) is 0.731. The molecule has 20 heavy (non-hydrogen) atoms. The molecule has 0 spiro atoms. The molecule has 2 aromatic heterocycles. The van der Waals surface area contributed by atoms with E-state index in [1.807, 2.05) is 42.1 Å². The highest BCUT2D eigenvalue weighted by Crippen LogP contribution is 2.14. The third-order valence-electron chi connectivity index (χ3n) is 3.10. The minimum absolute atomic E-state index is 0.518. The van der Waals surface area contributed by atoms with Crippen LogP contribution in [-0.4, -0.2) is 19.7 Å². The summed E-state index contributed by atoms with van der Waals surface area (Å²) in [5.74, 6) is 1.83. The first-order valence-electron chi connectivity index (χ1n) is 6.37. The Morgan fingerprint density at radius 1 is 1.20 bits per heavy atom. The highest BCUT2D eigenvalue weighted by Gasteiger charge is 2.12. The second-order valence-electron chi connectivity index (χ2n) is 4.62. The number of nitrogens with two attached hydrogens (primary N) is 1. The van der Waals surface area contributed by atoms with E-state index in [1.165, 1.54) is 5.56 Å². The summed E-state index contributed by atoms with van der Waals surface area (Å²) in [5.41, 5.74) is 7.61. The molecule has 6 heteroatoms. The number of rotatable bonds is 4. The summed E-state index contributed by atoms with van der Waals surface area (Å²) in [6.45, 7) is 0. The van der Waals surface area contributed by atoms with Gasteiger partial charge < -0.3 is 14.8 Å². The zero-order chi connectivity index (χ0) is 13.9. The lowest BCUT2D eigenvalue weighted by molar-refractivity contribution is 0.378. The van der Waals surface area contributed by atoms with Gasteiger partial charge in [-0.25, -0.2) is 4.98 Å². The molecule has 0 saturated heterocycles. The maximum Gasteiger partial charge on any atom is 0.238 e. The van der Waals surface area contributed by atoms with Crippen molar-refractivity contribution in [3.63, 3.8) is 0 Å². The van der Waals surface area contributed by atoms with Gasteiger partial charge in [-0.2, -0.15) is 4.98 Å². The Morgan fingerprint density at radius 3 is 2.70 bits per heavy atom. The van der Waals surface area contributed by atoms with E-state index in [-0.39, 0.29) is 0 Å². The monoisotopic (exact) mass is 269 g/mol. The standard InChI is InChI=1S/C14H15N5O/c1-19-9-8-16-14(19)13-17-12(20-18-13)7-4-10-2-5-11(15)6-3-10/h2-3,5-6,8-9H,4,7,15H2,1H3. The third kappa shape index (κ3) is 2.54. The van der Waals surface area contributed by atoms with Crippen molar-refractivity contribution < 1.29 is 4.52 Å². The van der Waals surface area contributed by atoms with E-state index in [0.717, 1.165) is 12.1 Å². The summed E-state index contributed by atoms with van der Waals surface area (Å²) in [5, 5.41) is 3.96. The molecule has 3 aromatic rings. The summed E-state index contributed by atoms with van der Waals surface area (Å²) in [7, 11) is 1.90. The molecule has 2 heterocycles. The summed E-state index contributed by atoms with van der Waals surface area (Å²) in [6, 6.07) is 7.79. The molecule has 2 N–H and O–H groups in total. The fraction of sp³-hybridized carbons (Fsp3) is 0.214. The van der Waals surface area contributed by atoms with Crippen molar-refractivity contribution in [2.24, 2.45) is 7.05 Å². The maximum absolute atomic E-state index is 5.66. The lowest BCUT2D eigenvalue weighted by Crippen LogP contribution is -1.95. The van der Waals surface area contributed by atoms with Crippen molar-refractivity contribution in [1.82, 2.24) is 19.7 Å². The summed E-state index contributed by atoms with van der Waals surface area (Å²) < 4.78 is 7.11. The van der Waals surface area contributed by atoms with Gasteiger partial charge in [0.15, 0.2) is 5.82 Å². The van der Waals surface area contributed by atoms with Gasteiger partial charge in [0.25, 0.3) is 0 Å². The Morgan fingerprint density at radius 2 is 2.00 bits per heavy atom. The van der Waals surface area contributed by atoms with E-state index in [9.17, 15) is 0 Å². The van der Waals surface area contributed by atoms with Crippen LogP contribution in [0.5, 0.6) is 0 Å². The van der Waals surface area contributed by atoms with Crippen LogP contribution < -0.4 is 5.73 Å². The Bertz CT molecular complexity index is 698. The topological polar surface area (TPSA) is 82.8 Å². The van der Waals surface area contributed by atoms with Gasteiger partial charge in [0.05, 0.1) is 0 Å². The molecule has 0 unspecified atom stereocenters. The second-order valence-corrected chi connectivity index (χ2v) is 4.62. The van der Waals surface area contributed by atoms with Gasteiger partial charge in [-0.3, -0.25) is 0 Å². The molecule has 0 fully saturated rings. The number of aryl methyl sites for hydroxylation is 3. The van der Waals surface area contributed by atoms with Crippen molar-refractivity contribution in [3.05, 3.63) is 48.1 Å². The molecule has 3 rings (SSSR count). The van der Waals surface area contributed by atoms with Crippen LogP contribution in [0.4, 0.5) is 5.69 Å². The van der Waals surface area contributed by atoms with E-state index in [4.69, 9.17) is 10.3 Å².